The van der Waals surface area contributed by atoms with Crippen molar-refractivity contribution in [3.63, 3.8) is 0 Å². The molecule has 0 spiro atoms. The van der Waals surface area contributed by atoms with Crippen molar-refractivity contribution in [2.45, 2.75) is 112 Å². The first-order valence-electron chi connectivity index (χ1n) is 14.5. The van der Waals surface area contributed by atoms with Crippen molar-refractivity contribution < 1.29 is 19.4 Å². The van der Waals surface area contributed by atoms with Gasteiger partial charge in [0.15, 0.2) is 5.78 Å². The predicted octanol–water partition coefficient (Wildman–Crippen LogP) is 7.04. The third kappa shape index (κ3) is 4.32. The SMILES string of the molecule is CCc1ccccc1C(C)CC1(O)C(C)CCC2(C)C3C=CC(C)([C@H](C)OC(C)=O)C(=O)C3(C)CCC21. The minimum absolute atomic E-state index is 0.0566. The van der Waals surface area contributed by atoms with Gasteiger partial charge >= 0.3 is 5.97 Å². The zero-order valence-electron chi connectivity index (χ0n) is 24.3. The van der Waals surface area contributed by atoms with Crippen LogP contribution in [0.25, 0.3) is 0 Å². The van der Waals surface area contributed by atoms with Gasteiger partial charge in [0, 0.05) is 12.3 Å². The Hall–Kier alpha value is -1.94. The first-order valence-corrected chi connectivity index (χ1v) is 14.5. The summed E-state index contributed by atoms with van der Waals surface area (Å²) in [5.74, 6) is 0.475. The minimum Gasteiger partial charge on any atom is -0.461 e. The predicted molar refractivity (Wildman–Crippen MR) is 148 cm³/mol. The number of Topliss-reactive ketones (excluding diaryl/α,β-unsaturated/α-hetero) is 1. The minimum atomic E-state index is -0.837. The van der Waals surface area contributed by atoms with Crippen LogP contribution in [0.1, 0.15) is 105 Å². The molecule has 8 unspecified atom stereocenters. The van der Waals surface area contributed by atoms with Gasteiger partial charge < -0.3 is 9.84 Å². The summed E-state index contributed by atoms with van der Waals surface area (Å²) in [5, 5.41) is 12.6. The average molecular weight is 509 g/mol. The molecule has 1 aromatic rings. The van der Waals surface area contributed by atoms with Crippen LogP contribution in [0.15, 0.2) is 36.4 Å². The number of aliphatic hydroxyl groups is 1. The van der Waals surface area contributed by atoms with Crippen LogP contribution in [-0.4, -0.2) is 28.6 Å². The number of carbonyl (C=O) groups excluding carboxylic acids is 2. The van der Waals surface area contributed by atoms with Gasteiger partial charge in [0.25, 0.3) is 0 Å². The van der Waals surface area contributed by atoms with Gasteiger partial charge in [-0.05, 0) is 92.6 Å². The number of allylic oxidation sites excluding steroid dienone is 1. The lowest BCUT2D eigenvalue weighted by Gasteiger charge is -2.65. The van der Waals surface area contributed by atoms with E-state index in [1.165, 1.54) is 18.1 Å². The maximum atomic E-state index is 14.2. The highest BCUT2D eigenvalue weighted by atomic mass is 16.5. The van der Waals surface area contributed by atoms with E-state index in [2.05, 4.69) is 65.0 Å². The molecule has 0 bridgehead atoms. The van der Waals surface area contributed by atoms with Crippen molar-refractivity contribution >= 4 is 11.8 Å². The number of esters is 1. The molecule has 2 fully saturated rings. The summed E-state index contributed by atoms with van der Waals surface area (Å²) in [5.41, 5.74) is 0.389. The van der Waals surface area contributed by atoms with Gasteiger partial charge in [-0.2, -0.15) is 0 Å². The molecular weight excluding hydrogens is 460 g/mol. The Morgan fingerprint density at radius 3 is 2.46 bits per heavy atom. The fourth-order valence-corrected chi connectivity index (χ4v) is 8.79. The van der Waals surface area contributed by atoms with Crippen molar-refractivity contribution in [2.75, 3.05) is 0 Å². The molecule has 0 aliphatic heterocycles. The molecule has 4 heteroatoms. The number of rotatable bonds is 6. The standard InChI is InChI=1S/C33H48O4/c1-9-25-12-10-11-13-26(25)21(2)20-33(36)22(3)14-17-31(7)27-15-18-30(6,23(4)37-24(5)34)29(35)32(27,8)19-16-28(31)33/h10-13,15,18,21-23,27-28,36H,9,14,16-17,19-20H2,1-8H3/t21?,22?,23-,27?,28?,30?,31?,32?,33?/m0/s1. The molecule has 37 heavy (non-hydrogen) atoms. The van der Waals surface area contributed by atoms with Crippen LogP contribution in [0.3, 0.4) is 0 Å². The van der Waals surface area contributed by atoms with E-state index in [-0.39, 0.29) is 40.8 Å². The second-order valence-corrected chi connectivity index (χ2v) is 13.3. The van der Waals surface area contributed by atoms with Crippen molar-refractivity contribution in [2.24, 2.45) is 34.0 Å². The van der Waals surface area contributed by atoms with Crippen molar-refractivity contribution in [3.8, 4) is 0 Å². The Labute approximate surface area is 224 Å². The molecule has 1 N–H and O–H groups in total. The van der Waals surface area contributed by atoms with Crippen LogP contribution in [0.5, 0.6) is 0 Å². The molecule has 3 aliphatic carbocycles. The molecule has 2 saturated carbocycles. The number of ether oxygens (including phenoxy) is 1. The van der Waals surface area contributed by atoms with Crippen molar-refractivity contribution in [1.82, 2.24) is 0 Å². The molecule has 0 heterocycles. The maximum Gasteiger partial charge on any atom is 0.302 e. The van der Waals surface area contributed by atoms with Gasteiger partial charge in [-0.3, -0.25) is 9.59 Å². The van der Waals surface area contributed by atoms with Crippen LogP contribution in [0.4, 0.5) is 0 Å². The van der Waals surface area contributed by atoms with E-state index >= 15 is 0 Å². The number of ketones is 1. The zero-order chi connectivity index (χ0) is 27.4. The Morgan fingerprint density at radius 1 is 1.14 bits per heavy atom. The van der Waals surface area contributed by atoms with Crippen LogP contribution in [-0.2, 0) is 20.7 Å². The fraction of sp³-hybridized carbons (Fsp3) is 0.697. The number of hydrogen-bond donors (Lipinski definition) is 1. The van der Waals surface area contributed by atoms with E-state index in [1.54, 1.807) is 0 Å². The van der Waals surface area contributed by atoms with Gasteiger partial charge in [-0.15, -0.1) is 0 Å². The van der Waals surface area contributed by atoms with Crippen LogP contribution in [0, 0.1) is 34.0 Å². The molecule has 0 saturated heterocycles. The zero-order valence-corrected chi connectivity index (χ0v) is 24.3. The smallest absolute Gasteiger partial charge is 0.302 e. The summed E-state index contributed by atoms with van der Waals surface area (Å²) in [4.78, 5) is 25.9. The second-order valence-electron chi connectivity index (χ2n) is 13.3. The lowest BCUT2D eigenvalue weighted by atomic mass is 9.40. The van der Waals surface area contributed by atoms with E-state index in [9.17, 15) is 14.7 Å². The molecule has 0 aromatic heterocycles. The largest absolute Gasteiger partial charge is 0.461 e. The third-order valence-corrected chi connectivity index (χ3v) is 11.1. The Morgan fingerprint density at radius 2 is 1.81 bits per heavy atom. The third-order valence-electron chi connectivity index (χ3n) is 11.1. The Kier molecular flexibility index (Phi) is 7.33. The highest BCUT2D eigenvalue weighted by molar-refractivity contribution is 5.94. The topological polar surface area (TPSA) is 63.6 Å². The lowest BCUT2D eigenvalue weighted by molar-refractivity contribution is -0.202. The van der Waals surface area contributed by atoms with Crippen LogP contribution in [0.2, 0.25) is 0 Å². The molecule has 4 nitrogen and oxygen atoms in total. The maximum absolute atomic E-state index is 14.2. The summed E-state index contributed by atoms with van der Waals surface area (Å²) in [7, 11) is 0. The lowest BCUT2D eigenvalue weighted by Crippen LogP contribution is -2.65. The highest BCUT2D eigenvalue weighted by Crippen LogP contribution is 2.67. The molecule has 0 radical (unpaired) electrons. The first kappa shape index (κ1) is 28.1. The number of benzene rings is 1. The summed E-state index contributed by atoms with van der Waals surface area (Å²) in [6.07, 6.45) is 9.04. The van der Waals surface area contributed by atoms with Crippen molar-refractivity contribution in [1.29, 1.82) is 0 Å². The van der Waals surface area contributed by atoms with Gasteiger partial charge in [0.1, 0.15) is 6.10 Å². The first-order chi connectivity index (χ1) is 17.2. The number of hydrogen-bond acceptors (Lipinski definition) is 4. The van der Waals surface area contributed by atoms with Crippen LogP contribution >= 0.6 is 0 Å². The summed E-state index contributed by atoms with van der Waals surface area (Å²) < 4.78 is 5.52. The molecule has 1 aromatic carbocycles. The van der Waals surface area contributed by atoms with Gasteiger partial charge in [-0.1, -0.05) is 71.0 Å². The average Bonchev–Trinajstić information content (AvgIpc) is 2.84. The normalized spacial score (nSPS) is 40.9. The number of carbonyl (C=O) groups is 2. The van der Waals surface area contributed by atoms with Crippen LogP contribution < -0.4 is 0 Å². The molecule has 9 atom stereocenters. The van der Waals surface area contributed by atoms with E-state index in [0.717, 1.165) is 38.5 Å². The summed E-state index contributed by atoms with van der Waals surface area (Å²) in [6.45, 7) is 16.3. The van der Waals surface area contributed by atoms with E-state index in [0.29, 0.717) is 0 Å². The van der Waals surface area contributed by atoms with E-state index < -0.39 is 22.5 Å². The molecular formula is C33H48O4. The Bertz CT molecular complexity index is 1080. The van der Waals surface area contributed by atoms with Gasteiger partial charge in [0.05, 0.1) is 11.0 Å². The number of fused-ring (bicyclic) bond motifs is 3. The van der Waals surface area contributed by atoms with Crippen molar-refractivity contribution in [3.05, 3.63) is 47.5 Å². The monoisotopic (exact) mass is 508 g/mol. The second kappa shape index (κ2) is 9.67. The van der Waals surface area contributed by atoms with E-state index in [1.807, 2.05) is 19.9 Å². The quantitative estimate of drug-likeness (QED) is 0.331. The van der Waals surface area contributed by atoms with E-state index in [4.69, 9.17) is 4.74 Å². The summed E-state index contributed by atoms with van der Waals surface area (Å²) in [6, 6.07) is 8.66. The highest BCUT2D eigenvalue weighted by Gasteiger charge is 2.66. The number of aryl methyl sites for hydroxylation is 1. The molecule has 0 amide bonds. The van der Waals surface area contributed by atoms with Gasteiger partial charge in [0.2, 0.25) is 0 Å². The molecule has 204 valence electrons. The molecule has 4 rings (SSSR count). The fourth-order valence-electron chi connectivity index (χ4n) is 8.79. The van der Waals surface area contributed by atoms with Gasteiger partial charge in [-0.25, -0.2) is 0 Å². The molecule has 3 aliphatic rings. The Balaban J connectivity index is 1.69. The summed E-state index contributed by atoms with van der Waals surface area (Å²) >= 11 is 0.